The van der Waals surface area contributed by atoms with Crippen LogP contribution >= 0.6 is 11.3 Å². The number of rotatable bonds is 2. The zero-order valence-electron chi connectivity index (χ0n) is 24.2. The van der Waals surface area contributed by atoms with E-state index in [2.05, 4.69) is 59.8 Å². The largest absolute Gasteiger partial charge is 0.444 e. The van der Waals surface area contributed by atoms with Crippen molar-refractivity contribution in [1.82, 2.24) is 19.7 Å². The number of amides is 1. The second-order valence-corrected chi connectivity index (χ2v) is 14.0. The van der Waals surface area contributed by atoms with Gasteiger partial charge >= 0.3 is 6.09 Å². The Hall–Kier alpha value is -3.00. The lowest BCUT2D eigenvalue weighted by atomic mass is 9.83. The number of benzene rings is 1. The predicted octanol–water partition coefficient (Wildman–Crippen LogP) is 7.06. The molecule has 7 nitrogen and oxygen atoms in total. The zero-order chi connectivity index (χ0) is 27.7. The molecule has 1 amide bonds. The molecule has 206 valence electrons. The van der Waals surface area contributed by atoms with Gasteiger partial charge in [-0.3, -0.25) is 9.56 Å². The highest BCUT2D eigenvalue weighted by Crippen LogP contribution is 2.52. The van der Waals surface area contributed by atoms with E-state index in [0.29, 0.717) is 5.92 Å². The molecule has 3 atom stereocenters. The normalized spacial score (nSPS) is 24.5. The van der Waals surface area contributed by atoms with E-state index in [9.17, 15) is 4.79 Å². The lowest BCUT2D eigenvalue weighted by Gasteiger charge is -2.27. The second-order valence-electron chi connectivity index (χ2n) is 12.8. The summed E-state index contributed by atoms with van der Waals surface area (Å²) in [5, 5.41) is 10.0. The molecule has 1 saturated carbocycles. The number of likely N-dealkylation sites (tertiary alicyclic amines) is 1. The molecular weight excluding hydrogens is 506 g/mol. The van der Waals surface area contributed by atoms with Crippen LogP contribution in [0.1, 0.15) is 104 Å². The quantitative estimate of drug-likeness (QED) is 0.346. The first-order valence-electron chi connectivity index (χ1n) is 14.1. The maximum absolute atomic E-state index is 12.7. The summed E-state index contributed by atoms with van der Waals surface area (Å²) >= 11 is 1.80. The smallest absolute Gasteiger partial charge is 0.410 e. The Balaban J connectivity index is 1.23. The molecule has 1 aromatic carbocycles. The van der Waals surface area contributed by atoms with E-state index in [1.807, 2.05) is 32.6 Å². The Bertz CT molecular complexity index is 1460. The number of aliphatic imine (C=N–C) groups is 1. The second kappa shape index (κ2) is 9.29. The third kappa shape index (κ3) is 4.60. The van der Waals surface area contributed by atoms with Gasteiger partial charge in [0.1, 0.15) is 22.5 Å². The number of nitrogens with zero attached hydrogens (tertiary/aromatic N) is 5. The number of fused-ring (bicyclic) bond motifs is 3. The van der Waals surface area contributed by atoms with E-state index in [1.54, 1.807) is 11.3 Å². The van der Waals surface area contributed by atoms with Crippen LogP contribution in [0.25, 0.3) is 5.00 Å². The molecule has 3 aliphatic rings. The van der Waals surface area contributed by atoms with Gasteiger partial charge in [0.15, 0.2) is 5.82 Å². The molecule has 1 saturated heterocycles. The number of thiophene rings is 1. The van der Waals surface area contributed by atoms with Gasteiger partial charge in [-0.05, 0) is 96.6 Å². The Kier molecular flexibility index (Phi) is 6.25. The van der Waals surface area contributed by atoms with Gasteiger partial charge < -0.3 is 9.64 Å². The molecule has 0 N–H and O–H groups in total. The number of aromatic nitrogens is 3. The molecule has 2 fully saturated rings. The summed E-state index contributed by atoms with van der Waals surface area (Å²) in [7, 11) is 0. The van der Waals surface area contributed by atoms with E-state index >= 15 is 0 Å². The number of hydrogen-bond donors (Lipinski definition) is 0. The molecule has 4 heterocycles. The van der Waals surface area contributed by atoms with E-state index in [0.717, 1.165) is 48.9 Å². The van der Waals surface area contributed by atoms with Crippen LogP contribution in [-0.2, 0) is 4.74 Å². The molecule has 0 bridgehead atoms. The van der Waals surface area contributed by atoms with Crippen LogP contribution in [-0.4, -0.2) is 50.2 Å². The molecule has 3 aromatic rings. The van der Waals surface area contributed by atoms with Crippen molar-refractivity contribution in [2.75, 3.05) is 13.1 Å². The van der Waals surface area contributed by atoms with Crippen LogP contribution < -0.4 is 0 Å². The minimum Gasteiger partial charge on any atom is -0.444 e. The summed E-state index contributed by atoms with van der Waals surface area (Å²) in [4.78, 5) is 21.1. The molecule has 0 radical (unpaired) electrons. The minimum absolute atomic E-state index is 0.0786. The molecule has 6 rings (SSSR count). The Labute approximate surface area is 235 Å². The van der Waals surface area contributed by atoms with E-state index in [1.165, 1.54) is 39.4 Å². The molecule has 1 spiro atoms. The molecule has 2 aliphatic heterocycles. The average molecular weight is 546 g/mol. The Morgan fingerprint density at radius 2 is 1.85 bits per heavy atom. The van der Waals surface area contributed by atoms with Crippen molar-refractivity contribution in [1.29, 1.82) is 0 Å². The number of aryl methyl sites for hydroxylation is 2. The van der Waals surface area contributed by atoms with Crippen molar-refractivity contribution < 1.29 is 9.53 Å². The first-order valence-corrected chi connectivity index (χ1v) is 14.9. The number of hydrogen-bond acceptors (Lipinski definition) is 6. The SMILES string of the molecule is Cc1sc2c(c1C)C(c1ccc(C3CCC4(CCN(C(=O)OC(C)(C)C)C4)C3)cc1)=NC(C)c1nnc(C)n1-2. The van der Waals surface area contributed by atoms with Gasteiger partial charge in [-0.2, -0.15) is 0 Å². The lowest BCUT2D eigenvalue weighted by Crippen LogP contribution is -2.36. The topological polar surface area (TPSA) is 72.6 Å². The first-order chi connectivity index (χ1) is 18.4. The average Bonchev–Trinajstić information content (AvgIpc) is 3.63. The fraction of sp³-hybridized carbons (Fsp3) is 0.548. The van der Waals surface area contributed by atoms with Gasteiger partial charge in [-0.25, -0.2) is 4.79 Å². The standard InChI is InChI=1S/C31H39N5O2S/c1-18-20(3)39-28-25(18)26(32-19(2)27-34-33-21(4)36(27)28)23-10-8-22(9-11-23)24-12-13-31(16-24)14-15-35(17-31)29(37)38-30(5,6)7/h8-11,19,24H,12-17H2,1-7H3. The summed E-state index contributed by atoms with van der Waals surface area (Å²) in [5.41, 5.74) is 5.82. The number of carbonyl (C=O) groups excluding carboxylic acids is 1. The summed E-state index contributed by atoms with van der Waals surface area (Å²) in [6, 6.07) is 9.03. The summed E-state index contributed by atoms with van der Waals surface area (Å²) in [5.74, 6) is 2.32. The Morgan fingerprint density at radius 3 is 2.56 bits per heavy atom. The maximum atomic E-state index is 12.7. The highest BCUT2D eigenvalue weighted by atomic mass is 32.1. The number of carbonyl (C=O) groups is 1. The molecule has 1 aliphatic carbocycles. The lowest BCUT2D eigenvalue weighted by molar-refractivity contribution is 0.0273. The molecule has 3 unspecified atom stereocenters. The maximum Gasteiger partial charge on any atom is 0.410 e. The fourth-order valence-corrected chi connectivity index (χ4v) is 7.89. The minimum atomic E-state index is -0.455. The molecule has 8 heteroatoms. The fourth-order valence-electron chi connectivity index (χ4n) is 6.67. The highest BCUT2D eigenvalue weighted by Gasteiger charge is 2.46. The van der Waals surface area contributed by atoms with Gasteiger partial charge in [-0.15, -0.1) is 21.5 Å². The van der Waals surface area contributed by atoms with Crippen LogP contribution in [0, 0.1) is 26.2 Å². The summed E-state index contributed by atoms with van der Waals surface area (Å²) in [6.07, 6.45) is 4.36. The van der Waals surface area contributed by atoms with Gasteiger partial charge in [0.25, 0.3) is 0 Å². The van der Waals surface area contributed by atoms with Crippen molar-refractivity contribution in [2.24, 2.45) is 10.4 Å². The molecule has 39 heavy (non-hydrogen) atoms. The van der Waals surface area contributed by atoms with Crippen molar-refractivity contribution in [3.05, 3.63) is 63.0 Å². The van der Waals surface area contributed by atoms with Crippen molar-refractivity contribution >= 4 is 23.1 Å². The van der Waals surface area contributed by atoms with Crippen LogP contribution in [0.2, 0.25) is 0 Å². The van der Waals surface area contributed by atoms with Crippen LogP contribution in [0.4, 0.5) is 4.79 Å². The predicted molar refractivity (Wildman–Crippen MR) is 155 cm³/mol. The van der Waals surface area contributed by atoms with E-state index in [4.69, 9.17) is 9.73 Å². The van der Waals surface area contributed by atoms with E-state index < -0.39 is 5.60 Å². The van der Waals surface area contributed by atoms with Gasteiger partial charge in [0.2, 0.25) is 0 Å². The third-order valence-corrected chi connectivity index (χ3v) is 9.99. The zero-order valence-corrected chi connectivity index (χ0v) is 25.0. The van der Waals surface area contributed by atoms with Gasteiger partial charge in [0, 0.05) is 29.1 Å². The van der Waals surface area contributed by atoms with Crippen LogP contribution in [0.3, 0.4) is 0 Å². The van der Waals surface area contributed by atoms with Crippen molar-refractivity contribution in [2.45, 2.75) is 91.7 Å². The first kappa shape index (κ1) is 26.2. The van der Waals surface area contributed by atoms with Gasteiger partial charge in [-0.1, -0.05) is 24.3 Å². The van der Waals surface area contributed by atoms with Crippen LogP contribution in [0.5, 0.6) is 0 Å². The molecule has 2 aromatic heterocycles. The highest BCUT2D eigenvalue weighted by molar-refractivity contribution is 7.15. The Morgan fingerprint density at radius 1 is 1.10 bits per heavy atom. The van der Waals surface area contributed by atoms with Gasteiger partial charge in [0.05, 0.1) is 5.71 Å². The van der Waals surface area contributed by atoms with Crippen molar-refractivity contribution in [3.63, 3.8) is 0 Å². The molecular formula is C31H39N5O2S. The number of ether oxygens (including phenoxy) is 1. The third-order valence-electron chi connectivity index (χ3n) is 8.80. The van der Waals surface area contributed by atoms with E-state index in [-0.39, 0.29) is 17.6 Å². The monoisotopic (exact) mass is 545 g/mol. The van der Waals surface area contributed by atoms with Crippen LogP contribution in [0.15, 0.2) is 29.3 Å². The summed E-state index contributed by atoms with van der Waals surface area (Å²) in [6.45, 7) is 15.9. The summed E-state index contributed by atoms with van der Waals surface area (Å²) < 4.78 is 7.84. The van der Waals surface area contributed by atoms with Crippen molar-refractivity contribution in [3.8, 4) is 5.00 Å².